The van der Waals surface area contributed by atoms with E-state index >= 15 is 0 Å². The first-order valence-corrected chi connectivity index (χ1v) is 7.40. The zero-order valence-corrected chi connectivity index (χ0v) is 14.1. The van der Waals surface area contributed by atoms with Gasteiger partial charge < -0.3 is 14.6 Å². The van der Waals surface area contributed by atoms with Gasteiger partial charge >= 0.3 is 7.12 Å². The fourth-order valence-corrected chi connectivity index (χ4v) is 2.15. The molecule has 0 aromatic carbocycles. The van der Waals surface area contributed by atoms with E-state index in [0.29, 0.717) is 5.82 Å². The molecule has 0 saturated carbocycles. The van der Waals surface area contributed by atoms with Gasteiger partial charge in [0.05, 0.1) is 11.2 Å². The second kappa shape index (κ2) is 5.86. The molecule has 0 bridgehead atoms. The number of rotatable bonds is 3. The largest absolute Gasteiger partial charge is 0.487 e. The molecular formula is C16H23BN2O3. The highest BCUT2D eigenvalue weighted by atomic mass is 16.7. The van der Waals surface area contributed by atoms with Crippen LogP contribution in [-0.4, -0.2) is 29.2 Å². The minimum Gasteiger partial charge on any atom is -0.400 e. The maximum absolute atomic E-state index is 11.0. The zero-order chi connectivity index (χ0) is 16.5. The van der Waals surface area contributed by atoms with Gasteiger partial charge in [0.15, 0.2) is 0 Å². The number of hydrogen-bond acceptors (Lipinski definition) is 4. The molecule has 118 valence electrons. The summed E-state index contributed by atoms with van der Waals surface area (Å²) in [6.07, 6.45) is 1.93. The molecule has 22 heavy (non-hydrogen) atoms. The van der Waals surface area contributed by atoms with Crippen LogP contribution in [-0.2, 0) is 14.1 Å². The molecule has 2 heterocycles. The molecule has 0 spiro atoms. The third-order valence-electron chi connectivity index (χ3n) is 4.14. The standard InChI is InChI=1S/C16H23BN2O3/c1-11-13(7-8-14(18-11)19-12(2)20)9-10-17-21-15(3,4)16(5,6)22-17/h7-10H,1-6H3,(H,18,19,20)/b10-9+. The SMILES string of the molecule is CC(=O)Nc1ccc(/C=C/B2OC(C)(C)C(C)(C)O2)c(C)n1. The van der Waals surface area contributed by atoms with E-state index in [1.54, 1.807) is 6.07 Å². The van der Waals surface area contributed by atoms with Crippen molar-refractivity contribution in [3.63, 3.8) is 0 Å². The Morgan fingerprint density at radius 2 is 1.82 bits per heavy atom. The second-order valence-electron chi connectivity index (χ2n) is 6.54. The van der Waals surface area contributed by atoms with Gasteiger partial charge in [0, 0.05) is 12.6 Å². The highest BCUT2D eigenvalue weighted by molar-refractivity contribution is 6.52. The van der Waals surface area contributed by atoms with Crippen LogP contribution in [0.1, 0.15) is 45.9 Å². The monoisotopic (exact) mass is 302 g/mol. The fourth-order valence-electron chi connectivity index (χ4n) is 2.15. The molecule has 1 aliphatic heterocycles. The summed E-state index contributed by atoms with van der Waals surface area (Å²) < 4.78 is 11.8. The summed E-state index contributed by atoms with van der Waals surface area (Å²) in [7, 11) is -0.376. The Bertz CT molecular complexity index is 595. The molecule has 1 aromatic heterocycles. The number of carbonyl (C=O) groups excluding carboxylic acids is 1. The summed E-state index contributed by atoms with van der Waals surface area (Å²) in [6, 6.07) is 3.69. The van der Waals surface area contributed by atoms with Crippen LogP contribution in [0, 0.1) is 6.92 Å². The molecule has 2 rings (SSSR count). The van der Waals surface area contributed by atoms with Crippen molar-refractivity contribution in [3.8, 4) is 0 Å². The van der Waals surface area contributed by atoms with E-state index in [1.807, 2.05) is 52.7 Å². The third-order valence-corrected chi connectivity index (χ3v) is 4.14. The van der Waals surface area contributed by atoms with E-state index in [-0.39, 0.29) is 24.2 Å². The van der Waals surface area contributed by atoms with E-state index in [2.05, 4.69) is 10.3 Å². The van der Waals surface area contributed by atoms with E-state index in [1.165, 1.54) is 6.92 Å². The Labute approximate surface area is 132 Å². The van der Waals surface area contributed by atoms with Crippen LogP contribution in [0.3, 0.4) is 0 Å². The average Bonchev–Trinajstić information content (AvgIpc) is 2.56. The summed E-state index contributed by atoms with van der Waals surface area (Å²) in [5, 5.41) is 2.67. The molecule has 0 unspecified atom stereocenters. The average molecular weight is 302 g/mol. The summed E-state index contributed by atoms with van der Waals surface area (Å²) in [6.45, 7) is 11.5. The first-order chi connectivity index (χ1) is 10.1. The van der Waals surface area contributed by atoms with Gasteiger partial charge in [-0.05, 0) is 52.3 Å². The topological polar surface area (TPSA) is 60.5 Å². The Hall–Kier alpha value is -1.66. The molecule has 1 fully saturated rings. The maximum Gasteiger partial charge on any atom is 0.487 e. The van der Waals surface area contributed by atoms with Crippen molar-refractivity contribution in [3.05, 3.63) is 29.4 Å². The zero-order valence-electron chi connectivity index (χ0n) is 14.1. The Balaban J connectivity index is 2.10. The van der Waals surface area contributed by atoms with Crippen LogP contribution in [0.4, 0.5) is 5.82 Å². The van der Waals surface area contributed by atoms with Crippen molar-refractivity contribution < 1.29 is 14.1 Å². The van der Waals surface area contributed by atoms with Crippen molar-refractivity contribution in [1.29, 1.82) is 0 Å². The van der Waals surface area contributed by atoms with E-state index in [4.69, 9.17) is 9.31 Å². The fraction of sp³-hybridized carbons (Fsp3) is 0.500. The van der Waals surface area contributed by atoms with E-state index in [9.17, 15) is 4.79 Å². The highest BCUT2D eigenvalue weighted by Gasteiger charge is 2.49. The molecule has 6 heteroatoms. The van der Waals surface area contributed by atoms with Crippen LogP contribution in [0.5, 0.6) is 0 Å². The van der Waals surface area contributed by atoms with Crippen molar-refractivity contribution >= 4 is 24.9 Å². The van der Waals surface area contributed by atoms with Gasteiger partial charge in [-0.3, -0.25) is 4.79 Å². The molecule has 0 aliphatic carbocycles. The van der Waals surface area contributed by atoms with Crippen molar-refractivity contribution in [2.75, 3.05) is 5.32 Å². The lowest BCUT2D eigenvalue weighted by Crippen LogP contribution is -2.41. The van der Waals surface area contributed by atoms with Crippen molar-refractivity contribution in [1.82, 2.24) is 4.98 Å². The minimum atomic E-state index is -0.376. The summed E-state index contributed by atoms with van der Waals surface area (Å²) in [4.78, 5) is 15.4. The molecule has 1 saturated heterocycles. The van der Waals surface area contributed by atoms with Crippen molar-refractivity contribution in [2.24, 2.45) is 0 Å². The van der Waals surface area contributed by atoms with Crippen LogP contribution >= 0.6 is 0 Å². The predicted octanol–water partition coefficient (Wildman–Crippen LogP) is 2.99. The van der Waals surface area contributed by atoms with E-state index < -0.39 is 0 Å². The quantitative estimate of drug-likeness (QED) is 0.872. The summed E-state index contributed by atoms with van der Waals surface area (Å²) in [5.74, 6) is 2.31. The molecule has 1 amide bonds. The molecule has 1 aliphatic rings. The van der Waals surface area contributed by atoms with Gasteiger partial charge in [-0.25, -0.2) is 4.98 Å². The molecule has 0 radical (unpaired) electrons. The van der Waals surface area contributed by atoms with Crippen LogP contribution in [0.15, 0.2) is 18.1 Å². The summed E-state index contributed by atoms with van der Waals surface area (Å²) in [5.41, 5.74) is 1.11. The molecular weight excluding hydrogens is 279 g/mol. The Morgan fingerprint density at radius 1 is 1.23 bits per heavy atom. The maximum atomic E-state index is 11.0. The smallest absolute Gasteiger partial charge is 0.400 e. The Kier molecular flexibility index (Phi) is 4.45. The van der Waals surface area contributed by atoms with Crippen molar-refractivity contribution in [2.45, 2.75) is 52.7 Å². The Morgan fingerprint density at radius 3 is 2.32 bits per heavy atom. The number of aryl methyl sites for hydroxylation is 1. The number of hydrogen-bond donors (Lipinski definition) is 1. The van der Waals surface area contributed by atoms with Gasteiger partial charge in [-0.15, -0.1) is 0 Å². The number of nitrogens with zero attached hydrogens (tertiary/aromatic N) is 1. The number of amides is 1. The number of nitrogens with one attached hydrogen (secondary N) is 1. The minimum absolute atomic E-state index is 0.132. The number of aromatic nitrogens is 1. The molecule has 5 nitrogen and oxygen atoms in total. The van der Waals surface area contributed by atoms with Gasteiger partial charge in [-0.2, -0.15) is 0 Å². The van der Waals surface area contributed by atoms with Gasteiger partial charge in [-0.1, -0.05) is 12.1 Å². The first kappa shape index (κ1) is 16.7. The van der Waals surface area contributed by atoms with Gasteiger partial charge in [0.25, 0.3) is 0 Å². The third kappa shape index (κ3) is 3.57. The second-order valence-corrected chi connectivity index (χ2v) is 6.54. The lowest BCUT2D eigenvalue weighted by Gasteiger charge is -2.32. The van der Waals surface area contributed by atoms with E-state index in [0.717, 1.165) is 11.3 Å². The summed E-state index contributed by atoms with van der Waals surface area (Å²) >= 11 is 0. The normalized spacial score (nSPS) is 19.6. The molecule has 1 N–H and O–H groups in total. The lowest BCUT2D eigenvalue weighted by atomic mass is 9.89. The van der Waals surface area contributed by atoms with Crippen LogP contribution in [0.2, 0.25) is 0 Å². The van der Waals surface area contributed by atoms with Crippen LogP contribution in [0.25, 0.3) is 6.08 Å². The first-order valence-electron chi connectivity index (χ1n) is 7.40. The number of anilines is 1. The number of carbonyl (C=O) groups is 1. The van der Waals surface area contributed by atoms with Gasteiger partial charge in [0.2, 0.25) is 5.91 Å². The molecule has 0 atom stereocenters. The molecule has 1 aromatic rings. The highest BCUT2D eigenvalue weighted by Crippen LogP contribution is 2.37. The van der Waals surface area contributed by atoms with Gasteiger partial charge in [0.1, 0.15) is 5.82 Å². The lowest BCUT2D eigenvalue weighted by molar-refractivity contribution is -0.114. The predicted molar refractivity (Wildman–Crippen MR) is 88.4 cm³/mol. The number of pyridine rings is 1. The van der Waals surface area contributed by atoms with Crippen LogP contribution < -0.4 is 5.32 Å².